The van der Waals surface area contributed by atoms with Crippen LogP contribution in [-0.4, -0.2) is 41.6 Å². The maximum Gasteiger partial charge on any atom is 0.317 e. The molecule has 3 atom stereocenters. The summed E-state index contributed by atoms with van der Waals surface area (Å²) in [6, 6.07) is -0.0535. The summed E-state index contributed by atoms with van der Waals surface area (Å²) in [5.74, 6) is 0.286. The van der Waals surface area contributed by atoms with Crippen LogP contribution in [0.4, 0.5) is 4.79 Å². The molecule has 0 radical (unpaired) electrons. The summed E-state index contributed by atoms with van der Waals surface area (Å²) in [4.78, 5) is 24.6. The van der Waals surface area contributed by atoms with Crippen molar-refractivity contribution in [2.75, 3.05) is 19.6 Å². The molecule has 2 amide bonds. The van der Waals surface area contributed by atoms with Crippen LogP contribution in [0.1, 0.15) is 40.0 Å². The Bertz CT molecular complexity index is 310. The molecule has 5 nitrogen and oxygen atoms in total. The van der Waals surface area contributed by atoms with Gasteiger partial charge in [0, 0.05) is 26.1 Å². The summed E-state index contributed by atoms with van der Waals surface area (Å²) in [6.07, 6.45) is 2.04. The fourth-order valence-corrected chi connectivity index (χ4v) is 2.78. The monoisotopic (exact) mass is 270 g/mol. The summed E-state index contributed by atoms with van der Waals surface area (Å²) in [6.45, 7) is 8.31. The van der Waals surface area contributed by atoms with E-state index < -0.39 is 5.97 Å². The normalized spacial score (nSPS) is 24.9. The van der Waals surface area contributed by atoms with Crippen LogP contribution in [0.3, 0.4) is 0 Å². The molecule has 0 aromatic rings. The molecule has 1 aliphatic rings. The van der Waals surface area contributed by atoms with Crippen LogP contribution in [-0.2, 0) is 4.79 Å². The van der Waals surface area contributed by atoms with Gasteiger partial charge in [0.1, 0.15) is 0 Å². The van der Waals surface area contributed by atoms with Crippen LogP contribution in [0.15, 0.2) is 0 Å². The number of carbonyl (C=O) groups is 2. The number of carbonyl (C=O) groups excluding carboxylic acids is 1. The van der Waals surface area contributed by atoms with Crippen molar-refractivity contribution in [1.29, 1.82) is 0 Å². The molecular weight excluding hydrogens is 244 g/mol. The van der Waals surface area contributed by atoms with Crippen molar-refractivity contribution < 1.29 is 14.7 Å². The highest BCUT2D eigenvalue weighted by atomic mass is 16.4. The molecule has 0 bridgehead atoms. The minimum Gasteiger partial charge on any atom is -0.481 e. The second-order valence-electron chi connectivity index (χ2n) is 5.91. The van der Waals surface area contributed by atoms with Crippen molar-refractivity contribution in [2.45, 2.75) is 40.0 Å². The predicted octanol–water partition coefficient (Wildman–Crippen LogP) is 2.17. The number of likely N-dealkylation sites (tertiary alicyclic amines) is 1. The Labute approximate surface area is 115 Å². The Morgan fingerprint density at radius 3 is 2.37 bits per heavy atom. The molecule has 5 heteroatoms. The number of carboxylic acids is 1. The fourth-order valence-electron chi connectivity index (χ4n) is 2.78. The molecule has 1 saturated heterocycles. The lowest BCUT2D eigenvalue weighted by Gasteiger charge is -2.35. The van der Waals surface area contributed by atoms with Gasteiger partial charge in [-0.3, -0.25) is 4.79 Å². The Kier molecular flexibility index (Phi) is 6.12. The first-order valence-corrected chi connectivity index (χ1v) is 7.16. The molecule has 19 heavy (non-hydrogen) atoms. The summed E-state index contributed by atoms with van der Waals surface area (Å²) in [7, 11) is 0. The van der Waals surface area contributed by atoms with E-state index in [1.54, 1.807) is 0 Å². The Hall–Kier alpha value is -1.26. The van der Waals surface area contributed by atoms with Crippen LogP contribution < -0.4 is 5.32 Å². The second kappa shape index (κ2) is 7.36. The zero-order valence-electron chi connectivity index (χ0n) is 12.2. The van der Waals surface area contributed by atoms with Gasteiger partial charge < -0.3 is 15.3 Å². The lowest BCUT2D eigenvalue weighted by molar-refractivity contribution is -0.138. The van der Waals surface area contributed by atoms with Gasteiger partial charge in [-0.05, 0) is 24.2 Å². The van der Waals surface area contributed by atoms with E-state index in [1.807, 2.05) is 11.8 Å². The van der Waals surface area contributed by atoms with E-state index in [-0.39, 0.29) is 18.4 Å². The molecule has 2 N–H and O–H groups in total. The minimum atomic E-state index is -0.804. The summed E-state index contributed by atoms with van der Waals surface area (Å²) >= 11 is 0. The Morgan fingerprint density at radius 1 is 1.32 bits per heavy atom. The number of aliphatic carboxylic acids is 1. The van der Waals surface area contributed by atoms with Gasteiger partial charge in [0.05, 0.1) is 0 Å². The van der Waals surface area contributed by atoms with Crippen molar-refractivity contribution in [3.05, 3.63) is 0 Å². The lowest BCUT2D eigenvalue weighted by atomic mass is 9.92. The molecule has 0 aliphatic carbocycles. The van der Waals surface area contributed by atoms with E-state index in [0.29, 0.717) is 18.4 Å². The lowest BCUT2D eigenvalue weighted by Crippen LogP contribution is -2.48. The largest absolute Gasteiger partial charge is 0.481 e. The number of nitrogens with one attached hydrogen (secondary N) is 1. The highest BCUT2D eigenvalue weighted by Gasteiger charge is 2.25. The van der Waals surface area contributed by atoms with Gasteiger partial charge in [0.2, 0.25) is 0 Å². The number of urea groups is 1. The van der Waals surface area contributed by atoms with Gasteiger partial charge in [-0.25, -0.2) is 4.79 Å². The molecule has 110 valence electrons. The first-order chi connectivity index (χ1) is 8.92. The van der Waals surface area contributed by atoms with Crippen molar-refractivity contribution in [3.63, 3.8) is 0 Å². The number of hydrogen-bond donors (Lipinski definition) is 2. The van der Waals surface area contributed by atoms with Gasteiger partial charge >= 0.3 is 12.0 Å². The number of piperidine rings is 1. The third-order valence-electron chi connectivity index (χ3n) is 3.74. The second-order valence-corrected chi connectivity index (χ2v) is 5.91. The van der Waals surface area contributed by atoms with Gasteiger partial charge in [0.25, 0.3) is 0 Å². The number of rotatable bonds is 5. The van der Waals surface area contributed by atoms with Crippen LogP contribution in [0.25, 0.3) is 0 Å². The summed E-state index contributed by atoms with van der Waals surface area (Å²) in [5.41, 5.74) is 0. The molecule has 1 heterocycles. The van der Waals surface area contributed by atoms with Gasteiger partial charge in [-0.1, -0.05) is 27.2 Å². The van der Waals surface area contributed by atoms with E-state index in [1.165, 1.54) is 6.42 Å². The van der Waals surface area contributed by atoms with Crippen LogP contribution >= 0.6 is 0 Å². The number of amides is 2. The van der Waals surface area contributed by atoms with Crippen molar-refractivity contribution >= 4 is 12.0 Å². The standard InChI is InChI=1S/C14H26N2O3/c1-4-12(6-13(17)18)7-15-14(19)16-8-10(2)5-11(3)9-16/h10-12H,4-9H2,1-3H3,(H,15,19)(H,17,18). The topological polar surface area (TPSA) is 69.6 Å². The van der Waals surface area contributed by atoms with E-state index >= 15 is 0 Å². The smallest absolute Gasteiger partial charge is 0.317 e. The summed E-state index contributed by atoms with van der Waals surface area (Å²) < 4.78 is 0. The van der Waals surface area contributed by atoms with E-state index in [2.05, 4.69) is 19.2 Å². The molecule has 0 aromatic heterocycles. The first kappa shape index (κ1) is 15.8. The van der Waals surface area contributed by atoms with E-state index in [4.69, 9.17) is 5.11 Å². The molecule has 0 aromatic carbocycles. The van der Waals surface area contributed by atoms with E-state index in [9.17, 15) is 9.59 Å². The molecule has 3 unspecified atom stereocenters. The quantitative estimate of drug-likeness (QED) is 0.804. The number of nitrogens with zero attached hydrogens (tertiary/aromatic N) is 1. The Morgan fingerprint density at radius 2 is 1.89 bits per heavy atom. The molecule has 0 spiro atoms. The van der Waals surface area contributed by atoms with Crippen LogP contribution in [0.5, 0.6) is 0 Å². The summed E-state index contributed by atoms with van der Waals surface area (Å²) in [5, 5.41) is 11.6. The molecular formula is C14H26N2O3. The maximum atomic E-state index is 12.1. The fraction of sp³-hybridized carbons (Fsp3) is 0.857. The zero-order valence-corrected chi connectivity index (χ0v) is 12.2. The predicted molar refractivity (Wildman–Crippen MR) is 74.0 cm³/mol. The number of carboxylic acid groups (broad SMARTS) is 1. The van der Waals surface area contributed by atoms with Crippen molar-refractivity contribution in [2.24, 2.45) is 17.8 Å². The molecule has 1 fully saturated rings. The number of hydrogen-bond acceptors (Lipinski definition) is 2. The van der Waals surface area contributed by atoms with Crippen LogP contribution in [0.2, 0.25) is 0 Å². The van der Waals surface area contributed by atoms with Gasteiger partial charge in [-0.2, -0.15) is 0 Å². The van der Waals surface area contributed by atoms with Crippen molar-refractivity contribution in [1.82, 2.24) is 10.2 Å². The Balaban J connectivity index is 2.39. The average molecular weight is 270 g/mol. The first-order valence-electron chi connectivity index (χ1n) is 7.16. The molecule has 0 saturated carbocycles. The SMILES string of the molecule is CCC(CNC(=O)N1CC(C)CC(C)C1)CC(=O)O. The van der Waals surface area contributed by atoms with Gasteiger partial charge in [0.15, 0.2) is 0 Å². The average Bonchev–Trinajstić information content (AvgIpc) is 2.32. The minimum absolute atomic E-state index is 0.0149. The van der Waals surface area contributed by atoms with Gasteiger partial charge in [-0.15, -0.1) is 0 Å². The molecule has 1 aliphatic heterocycles. The zero-order chi connectivity index (χ0) is 14.4. The molecule has 1 rings (SSSR count). The van der Waals surface area contributed by atoms with E-state index in [0.717, 1.165) is 19.5 Å². The third-order valence-corrected chi connectivity index (χ3v) is 3.74. The maximum absolute atomic E-state index is 12.1. The third kappa shape index (κ3) is 5.49. The highest BCUT2D eigenvalue weighted by Crippen LogP contribution is 2.20. The van der Waals surface area contributed by atoms with Crippen LogP contribution in [0, 0.1) is 17.8 Å². The van der Waals surface area contributed by atoms with Crippen molar-refractivity contribution in [3.8, 4) is 0 Å². The highest BCUT2D eigenvalue weighted by molar-refractivity contribution is 5.74.